The number of thiazole rings is 1. The van der Waals surface area contributed by atoms with Crippen molar-refractivity contribution in [1.29, 1.82) is 0 Å². The van der Waals surface area contributed by atoms with Gasteiger partial charge in [-0.1, -0.05) is 0 Å². The summed E-state index contributed by atoms with van der Waals surface area (Å²) in [5.74, 6) is 1.83. The van der Waals surface area contributed by atoms with Crippen molar-refractivity contribution in [3.05, 3.63) is 27.7 Å². The van der Waals surface area contributed by atoms with Crippen LogP contribution in [0.3, 0.4) is 0 Å². The summed E-state index contributed by atoms with van der Waals surface area (Å²) in [6, 6.07) is -0.215. The lowest BCUT2D eigenvalue weighted by molar-refractivity contribution is 0.239. The Bertz CT molecular complexity index is 619. The number of carbonyl (C=O) groups is 1. The number of aromatic nitrogens is 4. The molecule has 0 fully saturated rings. The standard InChI is InChI=1S/C12H16N6OS/c1-8-7-20-11(15-8)6-14-12(19)13-5-10-17-16-9-3-2-4-18(9)10/h7H,2-6H2,1H3,(H2,13,14,19). The van der Waals surface area contributed by atoms with Gasteiger partial charge in [0.2, 0.25) is 0 Å². The Morgan fingerprint density at radius 2 is 2.25 bits per heavy atom. The molecule has 106 valence electrons. The highest BCUT2D eigenvalue weighted by Gasteiger charge is 2.17. The molecule has 0 radical (unpaired) electrons. The van der Waals surface area contributed by atoms with E-state index in [4.69, 9.17) is 0 Å². The Labute approximate surface area is 120 Å². The van der Waals surface area contributed by atoms with Gasteiger partial charge in [0, 0.05) is 24.0 Å². The smallest absolute Gasteiger partial charge is 0.315 e. The molecule has 0 bridgehead atoms. The van der Waals surface area contributed by atoms with Gasteiger partial charge in [-0.15, -0.1) is 21.5 Å². The molecule has 3 heterocycles. The fourth-order valence-electron chi connectivity index (χ4n) is 2.20. The first kappa shape index (κ1) is 13.0. The van der Waals surface area contributed by atoms with Gasteiger partial charge in [-0.3, -0.25) is 0 Å². The zero-order valence-electron chi connectivity index (χ0n) is 11.2. The number of rotatable bonds is 4. The second kappa shape index (κ2) is 5.58. The molecule has 8 heteroatoms. The Kier molecular flexibility index (Phi) is 3.64. The van der Waals surface area contributed by atoms with Crippen LogP contribution in [0.1, 0.15) is 28.8 Å². The number of nitrogens with zero attached hydrogens (tertiary/aromatic N) is 4. The van der Waals surface area contributed by atoms with E-state index in [1.54, 1.807) is 11.3 Å². The van der Waals surface area contributed by atoms with Crippen LogP contribution >= 0.6 is 11.3 Å². The van der Waals surface area contributed by atoms with Crippen LogP contribution in [0.2, 0.25) is 0 Å². The Morgan fingerprint density at radius 3 is 3.05 bits per heavy atom. The monoisotopic (exact) mass is 292 g/mol. The van der Waals surface area contributed by atoms with Gasteiger partial charge >= 0.3 is 6.03 Å². The predicted octanol–water partition coefficient (Wildman–Crippen LogP) is 0.989. The molecule has 1 aliphatic heterocycles. The van der Waals surface area contributed by atoms with E-state index in [0.29, 0.717) is 13.1 Å². The summed E-state index contributed by atoms with van der Waals surface area (Å²) in [6.07, 6.45) is 2.08. The van der Waals surface area contributed by atoms with Gasteiger partial charge in [-0.05, 0) is 13.3 Å². The van der Waals surface area contributed by atoms with Gasteiger partial charge in [0.1, 0.15) is 10.8 Å². The van der Waals surface area contributed by atoms with Gasteiger partial charge in [0.25, 0.3) is 0 Å². The van der Waals surface area contributed by atoms with Gasteiger partial charge in [-0.25, -0.2) is 9.78 Å². The lowest BCUT2D eigenvalue weighted by Gasteiger charge is -2.06. The Morgan fingerprint density at radius 1 is 1.40 bits per heavy atom. The quantitative estimate of drug-likeness (QED) is 0.880. The summed E-state index contributed by atoms with van der Waals surface area (Å²) >= 11 is 1.54. The number of fused-ring (bicyclic) bond motifs is 1. The molecule has 1 aliphatic rings. The molecule has 0 atom stereocenters. The van der Waals surface area contributed by atoms with Crippen molar-refractivity contribution in [2.45, 2.75) is 39.4 Å². The molecular weight excluding hydrogens is 276 g/mol. The largest absolute Gasteiger partial charge is 0.332 e. The van der Waals surface area contributed by atoms with Crippen molar-refractivity contribution in [3.63, 3.8) is 0 Å². The fourth-order valence-corrected chi connectivity index (χ4v) is 2.91. The summed E-state index contributed by atoms with van der Waals surface area (Å²) in [5.41, 5.74) is 0.978. The van der Waals surface area contributed by atoms with E-state index in [-0.39, 0.29) is 6.03 Å². The Hall–Kier alpha value is -1.96. The highest BCUT2D eigenvalue weighted by atomic mass is 32.1. The third kappa shape index (κ3) is 2.79. The molecule has 0 spiro atoms. The van der Waals surface area contributed by atoms with Gasteiger partial charge in [0.15, 0.2) is 5.82 Å². The molecule has 2 N–H and O–H groups in total. The fraction of sp³-hybridized carbons (Fsp3) is 0.500. The third-order valence-corrected chi connectivity index (χ3v) is 4.13. The number of hydrogen-bond donors (Lipinski definition) is 2. The third-order valence-electron chi connectivity index (χ3n) is 3.16. The molecule has 0 unspecified atom stereocenters. The molecule has 0 saturated carbocycles. The van der Waals surface area contributed by atoms with Crippen molar-refractivity contribution in [1.82, 2.24) is 30.4 Å². The topological polar surface area (TPSA) is 84.7 Å². The first-order valence-electron chi connectivity index (χ1n) is 6.56. The van der Waals surface area contributed by atoms with Crippen molar-refractivity contribution < 1.29 is 4.79 Å². The normalized spacial score (nSPS) is 13.2. The molecule has 2 aromatic heterocycles. The average molecular weight is 292 g/mol. The van der Waals surface area contributed by atoms with E-state index < -0.39 is 0 Å². The predicted molar refractivity (Wildman–Crippen MR) is 74.3 cm³/mol. The highest BCUT2D eigenvalue weighted by molar-refractivity contribution is 7.09. The van der Waals surface area contributed by atoms with E-state index in [9.17, 15) is 4.79 Å². The molecule has 0 aliphatic carbocycles. The molecule has 0 saturated heterocycles. The molecule has 3 rings (SSSR count). The summed E-state index contributed by atoms with van der Waals surface area (Å²) in [5, 5.41) is 16.6. The van der Waals surface area contributed by atoms with Crippen LogP contribution < -0.4 is 10.6 Å². The minimum atomic E-state index is -0.215. The van der Waals surface area contributed by atoms with Crippen molar-refractivity contribution in [2.75, 3.05) is 0 Å². The van der Waals surface area contributed by atoms with Gasteiger partial charge in [0.05, 0.1) is 13.1 Å². The van der Waals surface area contributed by atoms with E-state index in [0.717, 1.165) is 41.7 Å². The van der Waals surface area contributed by atoms with Crippen LogP contribution in [0.5, 0.6) is 0 Å². The number of carbonyl (C=O) groups excluding carboxylic acids is 1. The Balaban J connectivity index is 1.47. The van der Waals surface area contributed by atoms with Crippen molar-refractivity contribution in [3.8, 4) is 0 Å². The van der Waals surface area contributed by atoms with Crippen molar-refractivity contribution in [2.24, 2.45) is 0 Å². The number of aryl methyl sites for hydroxylation is 2. The molecular formula is C12H16N6OS. The minimum absolute atomic E-state index is 0.215. The van der Waals surface area contributed by atoms with Crippen LogP contribution in [0.25, 0.3) is 0 Å². The van der Waals surface area contributed by atoms with E-state index in [2.05, 4.69) is 30.4 Å². The number of amides is 2. The van der Waals surface area contributed by atoms with E-state index in [1.807, 2.05) is 12.3 Å². The number of urea groups is 1. The zero-order chi connectivity index (χ0) is 13.9. The molecule has 2 amide bonds. The van der Waals surface area contributed by atoms with Gasteiger partial charge < -0.3 is 15.2 Å². The highest BCUT2D eigenvalue weighted by Crippen LogP contribution is 2.13. The zero-order valence-corrected chi connectivity index (χ0v) is 12.0. The summed E-state index contributed by atoms with van der Waals surface area (Å²) < 4.78 is 2.07. The maximum Gasteiger partial charge on any atom is 0.315 e. The lowest BCUT2D eigenvalue weighted by atomic mass is 10.4. The second-order valence-corrected chi connectivity index (χ2v) is 5.65. The van der Waals surface area contributed by atoms with Crippen LogP contribution in [-0.2, 0) is 26.1 Å². The molecule has 2 aromatic rings. The molecule has 7 nitrogen and oxygen atoms in total. The summed E-state index contributed by atoms with van der Waals surface area (Å²) in [4.78, 5) is 16.0. The first-order chi connectivity index (χ1) is 9.72. The van der Waals surface area contributed by atoms with Gasteiger partial charge in [-0.2, -0.15) is 0 Å². The molecule has 20 heavy (non-hydrogen) atoms. The van der Waals surface area contributed by atoms with E-state index in [1.165, 1.54) is 0 Å². The second-order valence-electron chi connectivity index (χ2n) is 4.71. The number of hydrogen-bond acceptors (Lipinski definition) is 5. The minimum Gasteiger partial charge on any atom is -0.332 e. The molecule has 0 aromatic carbocycles. The average Bonchev–Trinajstić information content (AvgIpc) is 3.11. The number of nitrogens with one attached hydrogen (secondary N) is 2. The van der Waals surface area contributed by atoms with E-state index >= 15 is 0 Å². The first-order valence-corrected chi connectivity index (χ1v) is 7.44. The SMILES string of the molecule is Cc1csc(CNC(=O)NCc2nnc3n2CCC3)n1. The summed E-state index contributed by atoms with van der Waals surface area (Å²) in [7, 11) is 0. The van der Waals surface area contributed by atoms with Crippen LogP contribution in [0, 0.1) is 6.92 Å². The lowest BCUT2D eigenvalue weighted by Crippen LogP contribution is -2.35. The van der Waals surface area contributed by atoms with Crippen LogP contribution in [0.15, 0.2) is 5.38 Å². The maximum absolute atomic E-state index is 11.7. The maximum atomic E-state index is 11.7. The van der Waals surface area contributed by atoms with Crippen LogP contribution in [0.4, 0.5) is 4.79 Å². The van der Waals surface area contributed by atoms with Crippen LogP contribution in [-0.4, -0.2) is 25.8 Å². The van der Waals surface area contributed by atoms with Crippen molar-refractivity contribution >= 4 is 17.4 Å². The summed E-state index contributed by atoms with van der Waals surface area (Å²) in [6.45, 7) is 3.73.